The first-order valence-corrected chi connectivity index (χ1v) is 11.4. The van der Waals surface area contributed by atoms with Crippen molar-refractivity contribution < 1.29 is 9.66 Å². The first kappa shape index (κ1) is 21.7. The number of ether oxygens (including phenoxy) is 1. The van der Waals surface area contributed by atoms with Crippen LogP contribution >= 0.6 is 11.8 Å². The van der Waals surface area contributed by atoms with Crippen molar-refractivity contribution in [2.75, 3.05) is 7.11 Å². The number of rotatable bonds is 6. The molecule has 0 radical (unpaired) electrons. The second-order valence-corrected chi connectivity index (χ2v) is 8.57. The molecule has 0 amide bonds. The van der Waals surface area contributed by atoms with Gasteiger partial charge < -0.3 is 4.74 Å². The number of para-hydroxylation sites is 2. The predicted molar refractivity (Wildman–Crippen MR) is 130 cm³/mol. The summed E-state index contributed by atoms with van der Waals surface area (Å²) in [4.78, 5) is 24.6. The number of hydrogen-bond acceptors (Lipinski definition) is 7. The molecule has 9 nitrogen and oxygen atoms in total. The number of thioether (sulfide) groups is 1. The lowest BCUT2D eigenvalue weighted by molar-refractivity contribution is -0.385. The van der Waals surface area contributed by atoms with Crippen LogP contribution in [0.15, 0.2) is 76.7 Å². The van der Waals surface area contributed by atoms with Crippen LogP contribution in [0.25, 0.3) is 22.4 Å². The largest absolute Gasteiger partial charge is 0.495 e. The molecular formula is C24H19N5O4S. The molecule has 2 aromatic heterocycles. The number of benzene rings is 3. The Morgan fingerprint density at radius 3 is 2.62 bits per heavy atom. The van der Waals surface area contributed by atoms with Gasteiger partial charge in [-0.25, -0.2) is 4.57 Å². The highest BCUT2D eigenvalue weighted by atomic mass is 32.2. The first-order valence-electron chi connectivity index (χ1n) is 10.4. The number of hydrogen-bond donors (Lipinski definition) is 0. The smallest absolute Gasteiger partial charge is 0.273 e. The van der Waals surface area contributed by atoms with Crippen molar-refractivity contribution in [3.63, 3.8) is 0 Å². The number of nitro benzene ring substituents is 1. The summed E-state index contributed by atoms with van der Waals surface area (Å²) in [5.74, 6) is 1.18. The third-order valence-corrected chi connectivity index (χ3v) is 6.49. The molecule has 0 spiro atoms. The maximum absolute atomic E-state index is 13.6. The Kier molecular flexibility index (Phi) is 5.50. The van der Waals surface area contributed by atoms with Gasteiger partial charge in [0.05, 0.1) is 28.6 Å². The molecule has 0 fully saturated rings. The monoisotopic (exact) mass is 473 g/mol. The quantitative estimate of drug-likeness (QED) is 0.202. The molecule has 10 heteroatoms. The van der Waals surface area contributed by atoms with Crippen LogP contribution in [-0.4, -0.2) is 31.2 Å². The topological polar surface area (TPSA) is 105 Å². The Bertz CT molecular complexity index is 1630. The highest BCUT2D eigenvalue weighted by Gasteiger charge is 2.21. The first-order chi connectivity index (χ1) is 16.5. The summed E-state index contributed by atoms with van der Waals surface area (Å²) >= 11 is 1.32. The van der Waals surface area contributed by atoms with E-state index in [0.29, 0.717) is 44.6 Å². The second-order valence-electron chi connectivity index (χ2n) is 7.63. The molecule has 0 bridgehead atoms. The fourth-order valence-electron chi connectivity index (χ4n) is 3.92. The lowest BCUT2D eigenvalue weighted by Gasteiger charge is -2.14. The van der Waals surface area contributed by atoms with Crippen molar-refractivity contribution in [3.05, 3.63) is 98.3 Å². The molecule has 0 aliphatic carbocycles. The Balaban J connectivity index is 1.73. The Morgan fingerprint density at radius 2 is 1.82 bits per heavy atom. The second kappa shape index (κ2) is 8.64. The van der Waals surface area contributed by atoms with Crippen LogP contribution in [0.4, 0.5) is 5.69 Å². The molecular weight excluding hydrogens is 454 g/mol. The number of aromatic nitrogens is 4. The highest BCUT2D eigenvalue weighted by molar-refractivity contribution is 7.98. The lowest BCUT2D eigenvalue weighted by atomic mass is 10.2. The van der Waals surface area contributed by atoms with Crippen LogP contribution < -0.4 is 10.3 Å². The van der Waals surface area contributed by atoms with E-state index < -0.39 is 4.92 Å². The van der Waals surface area contributed by atoms with Crippen molar-refractivity contribution in [1.29, 1.82) is 0 Å². The van der Waals surface area contributed by atoms with Gasteiger partial charge in [0.15, 0.2) is 5.16 Å². The summed E-state index contributed by atoms with van der Waals surface area (Å²) in [5, 5.41) is 21.1. The average molecular weight is 474 g/mol. The predicted octanol–water partition coefficient (Wildman–Crippen LogP) is 4.55. The maximum Gasteiger partial charge on any atom is 0.273 e. The molecule has 0 unspecified atom stereocenters. The molecule has 0 saturated carbocycles. The van der Waals surface area contributed by atoms with Crippen molar-refractivity contribution in [1.82, 2.24) is 19.2 Å². The van der Waals surface area contributed by atoms with E-state index in [1.165, 1.54) is 22.4 Å². The Labute approximate surface area is 197 Å². The lowest BCUT2D eigenvalue weighted by Crippen LogP contribution is -2.22. The number of methoxy groups -OCH3 is 1. The highest BCUT2D eigenvalue weighted by Crippen LogP contribution is 2.30. The van der Waals surface area contributed by atoms with Crippen molar-refractivity contribution in [2.45, 2.75) is 17.8 Å². The van der Waals surface area contributed by atoms with Crippen LogP contribution in [0.5, 0.6) is 5.75 Å². The molecule has 0 atom stereocenters. The Morgan fingerprint density at radius 1 is 1.06 bits per heavy atom. The summed E-state index contributed by atoms with van der Waals surface area (Å²) in [7, 11) is 1.55. The number of fused-ring (bicyclic) bond motifs is 3. The molecule has 0 N–H and O–H groups in total. The Hall–Kier alpha value is -4.18. The van der Waals surface area contributed by atoms with E-state index in [1.807, 2.05) is 37.3 Å². The third-order valence-electron chi connectivity index (χ3n) is 5.52. The van der Waals surface area contributed by atoms with E-state index in [-0.39, 0.29) is 11.2 Å². The summed E-state index contributed by atoms with van der Waals surface area (Å²) < 4.78 is 8.83. The molecule has 5 aromatic rings. The van der Waals surface area contributed by atoms with Gasteiger partial charge in [-0.05, 0) is 36.8 Å². The van der Waals surface area contributed by atoms with Gasteiger partial charge in [-0.1, -0.05) is 48.2 Å². The van der Waals surface area contributed by atoms with E-state index in [9.17, 15) is 14.9 Å². The van der Waals surface area contributed by atoms with Crippen LogP contribution in [0.1, 0.15) is 11.1 Å². The van der Waals surface area contributed by atoms with E-state index in [1.54, 1.807) is 41.8 Å². The van der Waals surface area contributed by atoms with Gasteiger partial charge in [-0.2, -0.15) is 0 Å². The average Bonchev–Trinajstić information content (AvgIpc) is 3.27. The molecule has 5 rings (SSSR count). The maximum atomic E-state index is 13.6. The zero-order chi connectivity index (χ0) is 23.8. The summed E-state index contributed by atoms with van der Waals surface area (Å²) in [6.45, 7) is 1.93. The molecule has 34 heavy (non-hydrogen) atoms. The van der Waals surface area contributed by atoms with Gasteiger partial charge in [0.25, 0.3) is 11.2 Å². The van der Waals surface area contributed by atoms with Gasteiger partial charge in [-0.15, -0.1) is 10.2 Å². The fraction of sp³-hybridized carbons (Fsp3) is 0.125. The zero-order valence-corrected chi connectivity index (χ0v) is 19.2. The van der Waals surface area contributed by atoms with E-state index >= 15 is 0 Å². The fourth-order valence-corrected chi connectivity index (χ4v) is 4.85. The van der Waals surface area contributed by atoms with Crippen LogP contribution in [0.3, 0.4) is 0 Å². The SMILES string of the molecule is COc1ccc(C)cc1-n1c(=O)c2ccccc2n2c(SCc3ccccc3[N+](=O)[O-])nnc12. The molecule has 0 aliphatic heterocycles. The van der Waals surface area contributed by atoms with Gasteiger partial charge in [-0.3, -0.25) is 19.3 Å². The zero-order valence-electron chi connectivity index (χ0n) is 18.3. The third kappa shape index (κ3) is 3.57. The summed E-state index contributed by atoms with van der Waals surface area (Å²) in [6.07, 6.45) is 0. The minimum absolute atomic E-state index is 0.0510. The number of aryl methyl sites for hydroxylation is 1. The van der Waals surface area contributed by atoms with Gasteiger partial charge in [0, 0.05) is 17.4 Å². The molecule has 170 valence electrons. The molecule has 0 saturated heterocycles. The molecule has 0 aliphatic rings. The van der Waals surface area contributed by atoms with E-state index in [0.717, 1.165) is 5.56 Å². The van der Waals surface area contributed by atoms with Crippen molar-refractivity contribution in [2.24, 2.45) is 0 Å². The van der Waals surface area contributed by atoms with Gasteiger partial charge in [0.2, 0.25) is 5.78 Å². The number of nitro groups is 1. The minimum Gasteiger partial charge on any atom is -0.495 e. The summed E-state index contributed by atoms with van der Waals surface area (Å²) in [5.41, 5.74) is 2.56. The van der Waals surface area contributed by atoms with E-state index in [2.05, 4.69) is 10.2 Å². The van der Waals surface area contributed by atoms with Crippen LogP contribution in [-0.2, 0) is 5.75 Å². The summed E-state index contributed by atoms with van der Waals surface area (Å²) in [6, 6.07) is 19.4. The van der Waals surface area contributed by atoms with Crippen molar-refractivity contribution >= 4 is 34.1 Å². The molecule has 3 aromatic carbocycles. The molecule has 2 heterocycles. The van der Waals surface area contributed by atoms with Crippen LogP contribution in [0.2, 0.25) is 0 Å². The van der Waals surface area contributed by atoms with Crippen LogP contribution in [0, 0.1) is 17.0 Å². The normalized spacial score (nSPS) is 11.2. The standard InChI is InChI=1S/C24H19N5O4S/c1-15-11-12-21(33-2)20(13-15)27-22(30)17-8-4-6-10-19(17)28-23(27)25-26-24(28)34-14-16-7-3-5-9-18(16)29(31)32/h3-13H,14H2,1-2H3. The van der Waals surface area contributed by atoms with Gasteiger partial charge in [0.1, 0.15) is 5.75 Å². The van der Waals surface area contributed by atoms with Crippen molar-refractivity contribution in [3.8, 4) is 11.4 Å². The van der Waals surface area contributed by atoms with Gasteiger partial charge >= 0.3 is 0 Å². The number of nitrogens with zero attached hydrogens (tertiary/aromatic N) is 5. The van der Waals surface area contributed by atoms with E-state index in [4.69, 9.17) is 4.74 Å². The minimum atomic E-state index is -0.394.